The van der Waals surface area contributed by atoms with E-state index in [-0.39, 0.29) is 5.91 Å². The number of hydrogen-bond donors (Lipinski definition) is 1. The summed E-state index contributed by atoms with van der Waals surface area (Å²) in [5.41, 5.74) is 2.02. The van der Waals surface area contributed by atoms with E-state index in [9.17, 15) is 4.79 Å². The molecule has 1 N–H and O–H groups in total. The lowest BCUT2D eigenvalue weighted by molar-refractivity contribution is -0.114. The molecular weight excluding hydrogens is 200 g/mol. The molecular formula is C13H20N2O. The van der Waals surface area contributed by atoms with Crippen molar-refractivity contribution in [3.8, 4) is 0 Å². The highest BCUT2D eigenvalue weighted by molar-refractivity contribution is 5.89. The maximum absolute atomic E-state index is 11.0. The van der Waals surface area contributed by atoms with Crippen molar-refractivity contribution in [2.75, 3.05) is 23.3 Å². The van der Waals surface area contributed by atoms with Gasteiger partial charge in [-0.1, -0.05) is 13.0 Å². The second-order valence-electron chi connectivity index (χ2n) is 3.81. The largest absolute Gasteiger partial charge is 0.372 e. The van der Waals surface area contributed by atoms with Crippen molar-refractivity contribution < 1.29 is 4.79 Å². The molecule has 16 heavy (non-hydrogen) atoms. The van der Waals surface area contributed by atoms with Gasteiger partial charge >= 0.3 is 0 Å². The number of anilines is 2. The quantitative estimate of drug-likeness (QED) is 0.827. The molecule has 0 saturated heterocycles. The van der Waals surface area contributed by atoms with Crippen LogP contribution in [0, 0.1) is 0 Å². The molecule has 0 radical (unpaired) electrons. The van der Waals surface area contributed by atoms with Crippen LogP contribution in [0.15, 0.2) is 24.3 Å². The third kappa shape index (κ3) is 3.57. The number of amides is 1. The summed E-state index contributed by atoms with van der Waals surface area (Å²) in [5.74, 6) is -0.0318. The normalized spacial score (nSPS) is 9.94. The van der Waals surface area contributed by atoms with Gasteiger partial charge in [0.05, 0.1) is 0 Å². The fraction of sp³-hybridized carbons (Fsp3) is 0.462. The lowest BCUT2D eigenvalue weighted by atomic mass is 10.2. The Morgan fingerprint density at radius 1 is 1.38 bits per heavy atom. The van der Waals surface area contributed by atoms with Crippen LogP contribution < -0.4 is 10.2 Å². The van der Waals surface area contributed by atoms with Gasteiger partial charge in [0.2, 0.25) is 5.91 Å². The minimum Gasteiger partial charge on any atom is -0.372 e. The van der Waals surface area contributed by atoms with Crippen molar-refractivity contribution in [3.05, 3.63) is 24.3 Å². The Balaban J connectivity index is 2.83. The number of nitrogens with zero attached hydrogens (tertiary/aromatic N) is 1. The summed E-state index contributed by atoms with van der Waals surface area (Å²) in [7, 11) is 0. The van der Waals surface area contributed by atoms with Gasteiger partial charge in [-0.25, -0.2) is 0 Å². The maximum atomic E-state index is 11.0. The average molecular weight is 220 g/mol. The van der Waals surface area contributed by atoms with Crippen molar-refractivity contribution in [2.24, 2.45) is 0 Å². The summed E-state index contributed by atoms with van der Waals surface area (Å²) >= 11 is 0. The van der Waals surface area contributed by atoms with E-state index in [0.29, 0.717) is 0 Å². The van der Waals surface area contributed by atoms with Crippen molar-refractivity contribution in [2.45, 2.75) is 27.2 Å². The topological polar surface area (TPSA) is 32.3 Å². The summed E-state index contributed by atoms with van der Waals surface area (Å²) in [4.78, 5) is 13.3. The molecule has 0 saturated carbocycles. The van der Waals surface area contributed by atoms with E-state index in [1.807, 2.05) is 18.2 Å². The Labute approximate surface area is 97.5 Å². The molecule has 0 atom stereocenters. The summed E-state index contributed by atoms with van der Waals surface area (Å²) < 4.78 is 0. The Hall–Kier alpha value is -1.51. The van der Waals surface area contributed by atoms with Crippen LogP contribution >= 0.6 is 0 Å². The van der Waals surface area contributed by atoms with Crippen molar-refractivity contribution >= 4 is 17.3 Å². The van der Waals surface area contributed by atoms with E-state index in [1.165, 1.54) is 6.92 Å². The predicted octanol–water partition coefficient (Wildman–Crippen LogP) is 2.88. The number of rotatable bonds is 5. The zero-order valence-electron chi connectivity index (χ0n) is 10.3. The third-order valence-corrected chi connectivity index (χ3v) is 2.41. The Kier molecular flexibility index (Phi) is 4.83. The molecule has 1 aromatic carbocycles. The Bertz CT molecular complexity index is 350. The minimum absolute atomic E-state index is 0.0318. The van der Waals surface area contributed by atoms with Crippen molar-refractivity contribution in [1.82, 2.24) is 0 Å². The Morgan fingerprint density at radius 2 is 2.12 bits per heavy atom. The van der Waals surface area contributed by atoms with Gasteiger partial charge in [0.1, 0.15) is 0 Å². The number of hydrogen-bond acceptors (Lipinski definition) is 2. The van der Waals surface area contributed by atoms with Gasteiger partial charge in [0.25, 0.3) is 0 Å². The molecule has 0 unspecified atom stereocenters. The molecule has 3 heteroatoms. The summed E-state index contributed by atoms with van der Waals surface area (Å²) in [6, 6.07) is 7.97. The molecule has 0 spiro atoms. The van der Waals surface area contributed by atoms with Crippen LogP contribution in [-0.2, 0) is 4.79 Å². The average Bonchev–Trinajstić information content (AvgIpc) is 2.25. The molecule has 0 aromatic heterocycles. The van der Waals surface area contributed by atoms with Crippen LogP contribution in [0.5, 0.6) is 0 Å². The van der Waals surface area contributed by atoms with Crippen LogP contribution in [-0.4, -0.2) is 19.0 Å². The van der Waals surface area contributed by atoms with Crippen LogP contribution in [0.2, 0.25) is 0 Å². The van der Waals surface area contributed by atoms with Crippen LogP contribution in [0.3, 0.4) is 0 Å². The van der Waals surface area contributed by atoms with Gasteiger partial charge in [-0.05, 0) is 31.5 Å². The zero-order chi connectivity index (χ0) is 12.0. The number of benzene rings is 1. The molecule has 0 heterocycles. The molecule has 1 rings (SSSR count). The summed E-state index contributed by atoms with van der Waals surface area (Å²) in [5, 5.41) is 2.80. The van der Waals surface area contributed by atoms with Gasteiger partial charge in [0.15, 0.2) is 0 Å². The lowest BCUT2D eigenvalue weighted by Gasteiger charge is -2.22. The fourth-order valence-corrected chi connectivity index (χ4v) is 1.72. The fourth-order valence-electron chi connectivity index (χ4n) is 1.72. The molecule has 0 aliphatic carbocycles. The van der Waals surface area contributed by atoms with E-state index >= 15 is 0 Å². The molecule has 1 amide bonds. The van der Waals surface area contributed by atoms with E-state index < -0.39 is 0 Å². The number of carbonyl (C=O) groups excluding carboxylic acids is 1. The van der Waals surface area contributed by atoms with Crippen LogP contribution in [0.25, 0.3) is 0 Å². The maximum Gasteiger partial charge on any atom is 0.221 e. The molecule has 0 aliphatic heterocycles. The number of nitrogens with one attached hydrogen (secondary N) is 1. The third-order valence-electron chi connectivity index (χ3n) is 2.41. The van der Waals surface area contributed by atoms with Gasteiger partial charge in [-0.2, -0.15) is 0 Å². The molecule has 0 aliphatic rings. The van der Waals surface area contributed by atoms with Crippen LogP contribution in [0.4, 0.5) is 11.4 Å². The SMILES string of the molecule is CCCN(CC)c1cccc(NC(C)=O)c1. The van der Waals surface area contributed by atoms with Crippen molar-refractivity contribution in [1.29, 1.82) is 0 Å². The van der Waals surface area contributed by atoms with Crippen molar-refractivity contribution in [3.63, 3.8) is 0 Å². The van der Waals surface area contributed by atoms with E-state index in [1.54, 1.807) is 0 Å². The highest BCUT2D eigenvalue weighted by Gasteiger charge is 2.04. The lowest BCUT2D eigenvalue weighted by Crippen LogP contribution is -2.23. The van der Waals surface area contributed by atoms with Gasteiger partial charge in [0, 0.05) is 31.4 Å². The predicted molar refractivity (Wildman–Crippen MR) is 68.9 cm³/mol. The minimum atomic E-state index is -0.0318. The summed E-state index contributed by atoms with van der Waals surface area (Å²) in [6.45, 7) is 7.86. The highest BCUT2D eigenvalue weighted by atomic mass is 16.1. The first-order chi connectivity index (χ1) is 7.67. The van der Waals surface area contributed by atoms with Gasteiger partial charge in [-0.15, -0.1) is 0 Å². The summed E-state index contributed by atoms with van der Waals surface area (Å²) in [6.07, 6.45) is 1.12. The molecule has 0 bridgehead atoms. The Morgan fingerprint density at radius 3 is 2.69 bits per heavy atom. The molecule has 88 valence electrons. The zero-order valence-corrected chi connectivity index (χ0v) is 10.3. The van der Waals surface area contributed by atoms with Gasteiger partial charge in [-0.3, -0.25) is 4.79 Å². The second kappa shape index (κ2) is 6.16. The number of carbonyl (C=O) groups is 1. The molecule has 0 fully saturated rings. The first kappa shape index (κ1) is 12.6. The molecule has 1 aromatic rings. The monoisotopic (exact) mass is 220 g/mol. The van der Waals surface area contributed by atoms with E-state index in [4.69, 9.17) is 0 Å². The van der Waals surface area contributed by atoms with Gasteiger partial charge < -0.3 is 10.2 Å². The van der Waals surface area contributed by atoms with E-state index in [0.717, 1.165) is 30.9 Å². The first-order valence-electron chi connectivity index (χ1n) is 5.80. The smallest absolute Gasteiger partial charge is 0.221 e. The molecule has 3 nitrogen and oxygen atoms in total. The standard InChI is InChI=1S/C13H20N2O/c1-4-9-15(5-2)13-8-6-7-12(10-13)14-11(3)16/h6-8,10H,4-5,9H2,1-3H3,(H,14,16). The van der Waals surface area contributed by atoms with E-state index in [2.05, 4.69) is 30.1 Å². The van der Waals surface area contributed by atoms with Crippen LogP contribution in [0.1, 0.15) is 27.2 Å². The highest BCUT2D eigenvalue weighted by Crippen LogP contribution is 2.19. The first-order valence-corrected chi connectivity index (χ1v) is 5.80. The second-order valence-corrected chi connectivity index (χ2v) is 3.81.